The summed E-state index contributed by atoms with van der Waals surface area (Å²) < 4.78 is 21.8. The van der Waals surface area contributed by atoms with Gasteiger partial charge in [-0.25, -0.2) is 13.9 Å². The molecule has 0 radical (unpaired) electrons. The Morgan fingerprint density at radius 1 is 1.23 bits per heavy atom. The number of allylic oxidation sites excluding steroid dienone is 1. The second-order valence-electron chi connectivity index (χ2n) is 12.7. The van der Waals surface area contributed by atoms with Crippen LogP contribution in [0.1, 0.15) is 50.8 Å². The molecular weight excluding hydrogens is 547 g/mol. The molecule has 3 saturated carbocycles. The fraction of sp³-hybridized carbons (Fsp3) is 0.613. The molecule has 216 valence electrons. The number of hydrogen-bond acceptors (Lipinski definition) is 6. The molecule has 0 saturated heterocycles. The van der Waals surface area contributed by atoms with Crippen LogP contribution in [0.2, 0.25) is 0 Å². The van der Waals surface area contributed by atoms with Crippen molar-refractivity contribution in [2.24, 2.45) is 34.5 Å². The van der Waals surface area contributed by atoms with E-state index < -0.39 is 23.1 Å². The number of aliphatic hydroxyl groups is 1. The third-order valence-corrected chi connectivity index (χ3v) is 12.0. The van der Waals surface area contributed by atoms with Gasteiger partial charge in [-0.05, 0) is 109 Å². The molecule has 6 rings (SSSR count). The van der Waals surface area contributed by atoms with Crippen molar-refractivity contribution in [3.63, 3.8) is 0 Å². The quantitative estimate of drug-likeness (QED) is 0.390. The number of hydrogen-bond donors (Lipinski definition) is 2. The van der Waals surface area contributed by atoms with E-state index in [0.29, 0.717) is 12.4 Å². The third kappa shape index (κ3) is 3.90. The number of aliphatic hydroxyl groups excluding tert-OH is 1. The van der Waals surface area contributed by atoms with Crippen molar-refractivity contribution in [3.05, 3.63) is 53.1 Å². The lowest BCUT2D eigenvalue weighted by Crippen LogP contribution is -2.64. The Balaban J connectivity index is 1.38. The molecule has 1 unspecified atom stereocenters. The van der Waals surface area contributed by atoms with E-state index in [0.717, 1.165) is 48.4 Å². The molecule has 40 heavy (non-hydrogen) atoms. The summed E-state index contributed by atoms with van der Waals surface area (Å²) in [5, 5.41) is 27.4. The van der Waals surface area contributed by atoms with Crippen molar-refractivity contribution in [1.29, 1.82) is 0 Å². The number of carboxylic acids is 1. The maximum atomic E-state index is 13.6. The molecule has 2 aromatic rings. The van der Waals surface area contributed by atoms with E-state index in [9.17, 15) is 19.4 Å². The van der Waals surface area contributed by atoms with Gasteiger partial charge in [-0.15, -0.1) is 11.8 Å². The summed E-state index contributed by atoms with van der Waals surface area (Å²) in [7, 11) is 0. The van der Waals surface area contributed by atoms with E-state index in [1.165, 1.54) is 29.5 Å². The molecule has 4 aliphatic carbocycles. The van der Waals surface area contributed by atoms with Gasteiger partial charge in [0.1, 0.15) is 5.82 Å². The van der Waals surface area contributed by atoms with Crippen LogP contribution in [0.4, 0.5) is 4.39 Å². The van der Waals surface area contributed by atoms with Crippen molar-refractivity contribution >= 4 is 35.6 Å². The van der Waals surface area contributed by atoms with Gasteiger partial charge in [0, 0.05) is 11.3 Å². The summed E-state index contributed by atoms with van der Waals surface area (Å²) in [4.78, 5) is 13.1. The van der Waals surface area contributed by atoms with Gasteiger partial charge in [0.05, 0.1) is 29.6 Å². The predicted octanol–water partition coefficient (Wildman–Crippen LogP) is 5.91. The Bertz CT molecular complexity index is 1330. The lowest BCUT2D eigenvalue weighted by Gasteiger charge is -2.60. The monoisotopic (exact) mass is 586 g/mol. The first kappa shape index (κ1) is 28.3. The summed E-state index contributed by atoms with van der Waals surface area (Å²) in [6, 6.07) is 6.40. The molecule has 3 fully saturated rings. The summed E-state index contributed by atoms with van der Waals surface area (Å²) in [5.74, 6) is 0.214. The summed E-state index contributed by atoms with van der Waals surface area (Å²) in [6.45, 7) is 4.38. The zero-order valence-electron chi connectivity index (χ0n) is 23.6. The van der Waals surface area contributed by atoms with Crippen LogP contribution in [-0.4, -0.2) is 61.9 Å². The molecule has 0 spiro atoms. The summed E-state index contributed by atoms with van der Waals surface area (Å²) >= 11 is 3.19. The fourth-order valence-corrected chi connectivity index (χ4v) is 10.5. The van der Waals surface area contributed by atoms with Crippen LogP contribution in [0.5, 0.6) is 0 Å². The molecular formula is C31H39FN2O4S2. The van der Waals surface area contributed by atoms with Gasteiger partial charge in [-0.2, -0.15) is 16.9 Å². The number of ether oxygens (including phenoxy) is 1. The number of carbonyl (C=O) groups is 1. The Morgan fingerprint density at radius 3 is 2.65 bits per heavy atom. The van der Waals surface area contributed by atoms with Crippen molar-refractivity contribution in [2.75, 3.05) is 24.2 Å². The zero-order chi connectivity index (χ0) is 28.4. The molecule has 4 aliphatic rings. The van der Waals surface area contributed by atoms with Gasteiger partial charge in [-0.3, -0.25) is 0 Å². The summed E-state index contributed by atoms with van der Waals surface area (Å²) in [5.41, 5.74) is 2.12. The Labute approximate surface area is 244 Å². The van der Waals surface area contributed by atoms with Gasteiger partial charge in [-0.1, -0.05) is 19.4 Å². The van der Waals surface area contributed by atoms with E-state index in [-0.39, 0.29) is 34.9 Å². The highest BCUT2D eigenvalue weighted by atomic mass is 32.2. The molecule has 2 N–H and O–H groups in total. The molecule has 1 heterocycles. The average molecular weight is 587 g/mol. The van der Waals surface area contributed by atoms with Crippen LogP contribution in [0.3, 0.4) is 0 Å². The van der Waals surface area contributed by atoms with Crippen LogP contribution < -0.4 is 0 Å². The van der Waals surface area contributed by atoms with Crippen LogP contribution in [0.15, 0.2) is 36.0 Å². The van der Waals surface area contributed by atoms with Gasteiger partial charge in [0.2, 0.25) is 0 Å². The maximum Gasteiger partial charge on any atom is 0.336 e. The van der Waals surface area contributed by atoms with Gasteiger partial charge < -0.3 is 14.9 Å². The number of thioether (sulfide) groups is 2. The van der Waals surface area contributed by atoms with Gasteiger partial charge in [0.15, 0.2) is 5.60 Å². The molecule has 8 atom stereocenters. The number of benzene rings is 1. The van der Waals surface area contributed by atoms with Crippen molar-refractivity contribution in [2.45, 2.75) is 57.7 Å². The van der Waals surface area contributed by atoms with Gasteiger partial charge >= 0.3 is 5.97 Å². The number of rotatable bonds is 7. The van der Waals surface area contributed by atoms with Crippen molar-refractivity contribution in [3.8, 4) is 5.69 Å². The highest BCUT2D eigenvalue weighted by molar-refractivity contribution is 7.98. The van der Waals surface area contributed by atoms with Crippen LogP contribution in [0, 0.1) is 40.3 Å². The van der Waals surface area contributed by atoms with E-state index in [1.54, 1.807) is 23.9 Å². The van der Waals surface area contributed by atoms with Crippen LogP contribution in [0.25, 0.3) is 11.8 Å². The largest absolute Gasteiger partial charge is 0.479 e. The number of fused-ring (bicyclic) bond motifs is 6. The lowest BCUT2D eigenvalue weighted by molar-refractivity contribution is -0.208. The predicted molar refractivity (Wildman–Crippen MR) is 158 cm³/mol. The topological polar surface area (TPSA) is 84.6 Å². The number of carboxylic acid groups (broad SMARTS) is 1. The fourth-order valence-electron chi connectivity index (χ4n) is 9.42. The number of aromatic nitrogens is 2. The van der Waals surface area contributed by atoms with Crippen molar-refractivity contribution in [1.82, 2.24) is 9.78 Å². The average Bonchev–Trinajstić information content (AvgIpc) is 3.42. The highest BCUT2D eigenvalue weighted by Gasteiger charge is 2.73. The van der Waals surface area contributed by atoms with E-state index >= 15 is 0 Å². The molecule has 0 amide bonds. The molecule has 1 aromatic carbocycles. The number of halogens is 1. The second-order valence-corrected chi connectivity index (χ2v) is 14.4. The minimum atomic E-state index is -1.30. The first-order valence-corrected chi connectivity index (χ1v) is 17.0. The maximum absolute atomic E-state index is 13.6. The Kier molecular flexibility index (Phi) is 7.20. The normalized spacial score (nSPS) is 38.1. The summed E-state index contributed by atoms with van der Waals surface area (Å²) in [6.07, 6.45) is 11.4. The van der Waals surface area contributed by atoms with Crippen LogP contribution in [-0.2, 0) is 16.0 Å². The third-order valence-electron chi connectivity index (χ3n) is 10.9. The second kappa shape index (κ2) is 10.2. The SMILES string of the molecule is CSCO[C@]1(C(=O)O)C(CSC)C[C@H]2[C@@H]3CCC4=Cc5c(cnn5-c5ccc(F)cc5)C[C@]4(C)[C@H]3[C@@H](O)C[C@@]21C. The molecule has 1 aromatic heterocycles. The van der Waals surface area contributed by atoms with Gasteiger partial charge in [0.25, 0.3) is 0 Å². The molecule has 6 nitrogen and oxygen atoms in total. The number of aliphatic carboxylic acids is 1. The minimum Gasteiger partial charge on any atom is -0.479 e. The smallest absolute Gasteiger partial charge is 0.336 e. The Hall–Kier alpha value is -1.81. The highest BCUT2D eigenvalue weighted by Crippen LogP contribution is 2.69. The Morgan fingerprint density at radius 2 is 1.98 bits per heavy atom. The molecule has 0 bridgehead atoms. The standard InChI is InChI=1S/C31H39FN2O4S2/c1-29-13-18-15-33-34(22-8-6-21(32)7-9-22)25(18)12-19(29)5-10-23-24-11-20(16-39-3)31(28(36)37,38-17-40-4)30(24,2)14-26(35)27(23)29/h6-9,12,15,20,23-24,26-27,35H,5,10-11,13-14,16-17H2,1-4H3,(H,36,37)/t20?,23-,24-,26-,27+,29-,30-,31-/m0/s1. The van der Waals surface area contributed by atoms with E-state index in [4.69, 9.17) is 4.74 Å². The van der Waals surface area contributed by atoms with E-state index in [1.807, 2.05) is 23.4 Å². The first-order chi connectivity index (χ1) is 19.1. The first-order valence-electron chi connectivity index (χ1n) is 14.2. The minimum absolute atomic E-state index is 0.0352. The van der Waals surface area contributed by atoms with Crippen molar-refractivity contribution < 1.29 is 24.1 Å². The molecule has 9 heteroatoms. The van der Waals surface area contributed by atoms with Crippen LogP contribution >= 0.6 is 23.5 Å². The lowest BCUT2D eigenvalue weighted by atomic mass is 9.45. The molecule has 0 aliphatic heterocycles. The zero-order valence-corrected chi connectivity index (χ0v) is 25.2. The number of nitrogens with zero attached hydrogens (tertiary/aromatic N) is 2. The van der Waals surface area contributed by atoms with E-state index in [2.05, 4.69) is 25.0 Å².